The molecule has 3 aliphatic carbocycles. The van der Waals surface area contributed by atoms with Crippen molar-refractivity contribution in [2.45, 2.75) is 45.4 Å². The van der Waals surface area contributed by atoms with Gasteiger partial charge in [-0.3, -0.25) is 4.79 Å². The van der Waals surface area contributed by atoms with Gasteiger partial charge in [0.15, 0.2) is 0 Å². The highest BCUT2D eigenvalue weighted by Crippen LogP contribution is 2.56. The number of allylic oxidation sites excluding steroid dienone is 2. The minimum Gasteiger partial charge on any atom is -0.299 e. The second-order valence-corrected chi connectivity index (χ2v) is 6.93. The number of carbonyl (C=O) groups is 1. The van der Waals surface area contributed by atoms with E-state index in [4.69, 9.17) is 0 Å². The van der Waals surface area contributed by atoms with Gasteiger partial charge in [-0.25, -0.2) is 0 Å². The highest BCUT2D eigenvalue weighted by molar-refractivity contribution is 5.90. The fourth-order valence-electron chi connectivity index (χ4n) is 4.84. The Kier molecular flexibility index (Phi) is 2.67. The average Bonchev–Trinajstić information content (AvgIpc) is 3.02. The van der Waals surface area contributed by atoms with Gasteiger partial charge in [0.25, 0.3) is 0 Å². The van der Waals surface area contributed by atoms with Crippen molar-refractivity contribution in [2.24, 2.45) is 17.3 Å². The molecule has 4 rings (SSSR count). The lowest BCUT2D eigenvalue weighted by molar-refractivity contribution is -0.130. The van der Waals surface area contributed by atoms with Gasteiger partial charge in [-0.2, -0.15) is 0 Å². The van der Waals surface area contributed by atoms with E-state index >= 15 is 0 Å². The van der Waals surface area contributed by atoms with E-state index in [1.54, 1.807) is 0 Å². The molecule has 3 unspecified atom stereocenters. The number of fused-ring (bicyclic) bond motifs is 4. The maximum Gasteiger partial charge on any atom is 0.144 e. The fourth-order valence-corrected chi connectivity index (χ4v) is 4.84. The highest BCUT2D eigenvalue weighted by atomic mass is 16.1. The van der Waals surface area contributed by atoms with Gasteiger partial charge in [0.1, 0.15) is 5.78 Å². The lowest BCUT2D eigenvalue weighted by atomic mass is 9.63. The van der Waals surface area contributed by atoms with Crippen molar-refractivity contribution in [3.8, 4) is 0 Å². The van der Waals surface area contributed by atoms with Crippen molar-refractivity contribution in [1.82, 2.24) is 0 Å². The first-order valence-electron chi connectivity index (χ1n) is 8.04. The molecule has 3 atom stereocenters. The standard InChI is InChI=1S/C19H22O/c1-2-4-14-5-3-6-15-12-19(18(20)10-17(14)15)11-13-7-8-16(19)9-13/h3,5-8,13,16H,2,4,9-12H2,1H3. The molecule has 1 heteroatoms. The van der Waals surface area contributed by atoms with Gasteiger partial charge in [0.2, 0.25) is 0 Å². The third-order valence-electron chi connectivity index (χ3n) is 5.80. The Hall–Kier alpha value is -1.37. The van der Waals surface area contributed by atoms with E-state index in [1.807, 2.05) is 0 Å². The van der Waals surface area contributed by atoms with Gasteiger partial charge < -0.3 is 0 Å². The highest BCUT2D eigenvalue weighted by Gasteiger charge is 2.54. The summed E-state index contributed by atoms with van der Waals surface area (Å²) in [7, 11) is 0. The lowest BCUT2D eigenvalue weighted by Gasteiger charge is -2.39. The largest absolute Gasteiger partial charge is 0.299 e. The number of aryl methyl sites for hydroxylation is 1. The molecule has 1 saturated carbocycles. The maximum atomic E-state index is 12.9. The SMILES string of the molecule is CCCc1cccc2c1CC(=O)C1(C2)CC2C=CC1C2. The molecular weight excluding hydrogens is 244 g/mol. The van der Waals surface area contributed by atoms with E-state index in [-0.39, 0.29) is 5.41 Å². The van der Waals surface area contributed by atoms with Crippen molar-refractivity contribution in [3.05, 3.63) is 47.0 Å². The second kappa shape index (κ2) is 4.31. The van der Waals surface area contributed by atoms with Crippen LogP contribution in [0.5, 0.6) is 0 Å². The molecule has 1 spiro atoms. The van der Waals surface area contributed by atoms with E-state index in [0.717, 1.165) is 25.7 Å². The third kappa shape index (κ3) is 1.58. The van der Waals surface area contributed by atoms with E-state index in [9.17, 15) is 4.79 Å². The molecule has 1 aromatic carbocycles. The molecule has 3 aliphatic rings. The molecule has 20 heavy (non-hydrogen) atoms. The molecule has 1 nitrogen and oxygen atoms in total. The topological polar surface area (TPSA) is 17.1 Å². The smallest absolute Gasteiger partial charge is 0.144 e. The molecule has 0 aliphatic heterocycles. The van der Waals surface area contributed by atoms with Crippen LogP contribution in [0.15, 0.2) is 30.4 Å². The predicted molar refractivity (Wildman–Crippen MR) is 80.6 cm³/mol. The second-order valence-electron chi connectivity index (χ2n) is 6.93. The van der Waals surface area contributed by atoms with Crippen LogP contribution in [0.3, 0.4) is 0 Å². The van der Waals surface area contributed by atoms with Crippen LogP contribution in [0.4, 0.5) is 0 Å². The first-order chi connectivity index (χ1) is 9.73. The molecule has 1 aromatic rings. The number of carbonyl (C=O) groups excluding carboxylic acids is 1. The Morgan fingerprint density at radius 1 is 1.30 bits per heavy atom. The van der Waals surface area contributed by atoms with Crippen molar-refractivity contribution < 1.29 is 4.79 Å². The number of rotatable bonds is 2. The quantitative estimate of drug-likeness (QED) is 0.742. The van der Waals surface area contributed by atoms with Gasteiger partial charge >= 0.3 is 0 Å². The van der Waals surface area contributed by atoms with Crippen LogP contribution in [0.25, 0.3) is 0 Å². The van der Waals surface area contributed by atoms with Crippen LogP contribution in [0, 0.1) is 17.3 Å². The van der Waals surface area contributed by atoms with Crippen molar-refractivity contribution >= 4 is 5.78 Å². The minimum absolute atomic E-state index is 0.0444. The number of hydrogen-bond acceptors (Lipinski definition) is 1. The number of hydrogen-bond donors (Lipinski definition) is 0. The van der Waals surface area contributed by atoms with E-state index in [1.165, 1.54) is 23.1 Å². The monoisotopic (exact) mass is 266 g/mol. The van der Waals surface area contributed by atoms with Crippen LogP contribution in [-0.2, 0) is 24.1 Å². The van der Waals surface area contributed by atoms with Crippen LogP contribution in [0.1, 0.15) is 42.9 Å². The summed E-state index contributed by atoms with van der Waals surface area (Å²) in [6.07, 6.45) is 10.9. The van der Waals surface area contributed by atoms with Crippen molar-refractivity contribution in [3.63, 3.8) is 0 Å². The predicted octanol–water partition coefficient (Wildman–Crippen LogP) is 3.89. The van der Waals surface area contributed by atoms with E-state index in [0.29, 0.717) is 24.0 Å². The van der Waals surface area contributed by atoms with E-state index in [2.05, 4.69) is 37.3 Å². The number of ketones is 1. The molecular formula is C19H22O. The number of benzene rings is 1. The lowest BCUT2D eigenvalue weighted by Crippen LogP contribution is -2.42. The first-order valence-corrected chi connectivity index (χ1v) is 8.04. The molecule has 0 amide bonds. The van der Waals surface area contributed by atoms with Crippen LogP contribution in [-0.4, -0.2) is 5.78 Å². The molecule has 0 radical (unpaired) electrons. The molecule has 0 aromatic heterocycles. The third-order valence-corrected chi connectivity index (χ3v) is 5.80. The molecule has 0 heterocycles. The Labute approximate surface area is 121 Å². The van der Waals surface area contributed by atoms with Gasteiger partial charge in [0.05, 0.1) is 0 Å². The molecule has 0 N–H and O–H groups in total. The summed E-state index contributed by atoms with van der Waals surface area (Å²) in [4.78, 5) is 12.9. The Morgan fingerprint density at radius 3 is 2.90 bits per heavy atom. The summed E-state index contributed by atoms with van der Waals surface area (Å²) in [5, 5.41) is 0. The fraction of sp³-hybridized carbons (Fsp3) is 0.526. The van der Waals surface area contributed by atoms with Crippen LogP contribution < -0.4 is 0 Å². The van der Waals surface area contributed by atoms with Crippen LogP contribution in [0.2, 0.25) is 0 Å². The zero-order valence-corrected chi connectivity index (χ0v) is 12.2. The van der Waals surface area contributed by atoms with Crippen molar-refractivity contribution in [1.29, 1.82) is 0 Å². The van der Waals surface area contributed by atoms with Gasteiger partial charge in [-0.15, -0.1) is 0 Å². The summed E-state index contributed by atoms with van der Waals surface area (Å²) < 4.78 is 0. The summed E-state index contributed by atoms with van der Waals surface area (Å²) in [5.74, 6) is 1.71. The molecule has 0 saturated heterocycles. The van der Waals surface area contributed by atoms with Gasteiger partial charge in [0, 0.05) is 11.8 Å². The zero-order valence-electron chi connectivity index (χ0n) is 12.2. The van der Waals surface area contributed by atoms with Crippen molar-refractivity contribution in [2.75, 3.05) is 0 Å². The van der Waals surface area contributed by atoms with Gasteiger partial charge in [-0.1, -0.05) is 43.7 Å². The molecule has 2 bridgehead atoms. The molecule has 104 valence electrons. The summed E-state index contributed by atoms with van der Waals surface area (Å²) in [6, 6.07) is 6.67. The minimum atomic E-state index is -0.0444. The number of Topliss-reactive ketones (excluding diaryl/α,β-unsaturated/α-hetero) is 1. The Morgan fingerprint density at radius 2 is 2.20 bits per heavy atom. The normalized spacial score (nSPS) is 34.0. The average molecular weight is 266 g/mol. The van der Waals surface area contributed by atoms with Crippen LogP contribution >= 0.6 is 0 Å². The summed E-state index contributed by atoms with van der Waals surface area (Å²) >= 11 is 0. The summed E-state index contributed by atoms with van der Waals surface area (Å²) in [6.45, 7) is 2.21. The Balaban J connectivity index is 1.75. The maximum absolute atomic E-state index is 12.9. The summed E-state index contributed by atoms with van der Waals surface area (Å²) in [5.41, 5.74) is 4.18. The first kappa shape index (κ1) is 12.4. The van der Waals surface area contributed by atoms with E-state index < -0.39 is 0 Å². The Bertz CT molecular complexity index is 598. The van der Waals surface area contributed by atoms with Gasteiger partial charge in [-0.05, 0) is 54.2 Å². The zero-order chi connectivity index (χ0) is 13.7. The molecule has 1 fully saturated rings.